The Morgan fingerprint density at radius 3 is 2.67 bits per heavy atom. The molecule has 0 aromatic heterocycles. The molecule has 0 radical (unpaired) electrons. The van der Waals surface area contributed by atoms with Crippen molar-refractivity contribution in [3.8, 4) is 5.75 Å². The van der Waals surface area contributed by atoms with Gasteiger partial charge >= 0.3 is 11.9 Å². The minimum atomic E-state index is -3.91. The molecule has 1 heterocycles. The lowest BCUT2D eigenvalue weighted by atomic mass is 9.96. The summed E-state index contributed by atoms with van der Waals surface area (Å²) in [6.45, 7) is -0.0952. The van der Waals surface area contributed by atoms with Crippen LogP contribution in [0.15, 0.2) is 22.2 Å². The predicted molar refractivity (Wildman–Crippen MR) is 74.5 cm³/mol. The molecule has 1 aliphatic heterocycles. The zero-order valence-electron chi connectivity index (χ0n) is 11.0. The Morgan fingerprint density at radius 2 is 2.14 bits per heavy atom. The molecule has 0 aliphatic carbocycles. The van der Waals surface area contributed by atoms with Crippen LogP contribution in [0.3, 0.4) is 0 Å². The van der Waals surface area contributed by atoms with Gasteiger partial charge in [0.05, 0.1) is 10.0 Å². The number of ether oxygens (including phenoxy) is 1. The van der Waals surface area contributed by atoms with Gasteiger partial charge in [0, 0.05) is 5.56 Å². The van der Waals surface area contributed by atoms with Crippen LogP contribution >= 0.6 is 15.9 Å². The fourth-order valence-electron chi connectivity index (χ4n) is 2.09. The van der Waals surface area contributed by atoms with Crippen molar-refractivity contribution in [3.05, 3.63) is 33.3 Å². The van der Waals surface area contributed by atoms with E-state index in [-0.39, 0.29) is 5.75 Å². The summed E-state index contributed by atoms with van der Waals surface area (Å²) in [5.74, 6) is -5.38. The van der Waals surface area contributed by atoms with Crippen LogP contribution < -0.4 is 4.74 Å². The Kier molecular flexibility index (Phi) is 4.32. The summed E-state index contributed by atoms with van der Waals surface area (Å²) in [6.07, 6.45) is -0.359. The van der Waals surface area contributed by atoms with Crippen molar-refractivity contribution >= 4 is 28.0 Å². The van der Waals surface area contributed by atoms with Gasteiger partial charge < -0.3 is 9.84 Å². The van der Waals surface area contributed by atoms with E-state index < -0.39 is 30.2 Å². The zero-order chi connectivity index (χ0) is 15.8. The normalized spacial score (nSPS) is 17.8. The minimum absolute atomic E-state index is 0.0929. The summed E-state index contributed by atoms with van der Waals surface area (Å²) >= 11 is 3.21. The molecule has 1 aromatic carbocycles. The number of benzene rings is 1. The van der Waals surface area contributed by atoms with Gasteiger partial charge in [-0.05, 0) is 46.1 Å². The Morgan fingerprint density at radius 1 is 1.48 bits per heavy atom. The van der Waals surface area contributed by atoms with E-state index in [4.69, 9.17) is 9.84 Å². The fraction of sp³-hybridized carbons (Fsp3) is 0.357. The SMILES string of the molecule is CCc1cc(Br)c2c(c1)C=C(C(=O)O)C(C(F)(F)CF)O2. The van der Waals surface area contributed by atoms with Crippen molar-refractivity contribution in [1.29, 1.82) is 0 Å². The van der Waals surface area contributed by atoms with Crippen LogP contribution in [-0.4, -0.2) is 29.8 Å². The van der Waals surface area contributed by atoms with Gasteiger partial charge in [0.15, 0.2) is 12.8 Å². The average molecular weight is 365 g/mol. The number of carbonyl (C=O) groups is 1. The van der Waals surface area contributed by atoms with Gasteiger partial charge in [-0.1, -0.05) is 6.92 Å². The molecule has 114 valence electrons. The quantitative estimate of drug-likeness (QED) is 0.882. The maximum atomic E-state index is 13.6. The molecule has 1 unspecified atom stereocenters. The largest absolute Gasteiger partial charge is 0.478 e. The average Bonchev–Trinajstić information content (AvgIpc) is 2.45. The van der Waals surface area contributed by atoms with Crippen molar-refractivity contribution in [2.75, 3.05) is 6.67 Å². The second kappa shape index (κ2) is 5.71. The fourth-order valence-corrected chi connectivity index (χ4v) is 2.71. The van der Waals surface area contributed by atoms with Gasteiger partial charge in [0.1, 0.15) is 5.75 Å². The maximum absolute atomic E-state index is 13.6. The highest BCUT2D eigenvalue weighted by Crippen LogP contribution is 2.41. The lowest BCUT2D eigenvalue weighted by molar-refractivity contribution is -0.139. The van der Waals surface area contributed by atoms with Crippen molar-refractivity contribution in [2.24, 2.45) is 0 Å². The number of rotatable bonds is 4. The molecule has 3 nitrogen and oxygen atoms in total. The first-order valence-electron chi connectivity index (χ1n) is 6.18. The molecule has 1 aliphatic rings. The van der Waals surface area contributed by atoms with Crippen LogP contribution in [0.5, 0.6) is 5.75 Å². The second-order valence-corrected chi connectivity index (χ2v) is 5.50. The molecule has 0 saturated carbocycles. The number of carboxylic acid groups (broad SMARTS) is 1. The monoisotopic (exact) mass is 364 g/mol. The van der Waals surface area contributed by atoms with Gasteiger partial charge in [-0.15, -0.1) is 0 Å². The molecule has 21 heavy (non-hydrogen) atoms. The summed E-state index contributed by atoms with van der Waals surface area (Å²) in [7, 11) is 0. The van der Waals surface area contributed by atoms with Crippen LogP contribution in [-0.2, 0) is 11.2 Å². The van der Waals surface area contributed by atoms with E-state index in [0.717, 1.165) is 11.6 Å². The van der Waals surface area contributed by atoms with Crippen molar-refractivity contribution in [1.82, 2.24) is 0 Å². The topological polar surface area (TPSA) is 46.5 Å². The van der Waals surface area contributed by atoms with Crippen LogP contribution in [0.25, 0.3) is 6.08 Å². The summed E-state index contributed by atoms with van der Waals surface area (Å²) in [5.41, 5.74) is 0.607. The molecule has 0 saturated heterocycles. The van der Waals surface area contributed by atoms with Gasteiger partial charge in [-0.2, -0.15) is 8.78 Å². The van der Waals surface area contributed by atoms with E-state index >= 15 is 0 Å². The molecule has 1 N–H and O–H groups in total. The molecule has 1 aromatic rings. The highest BCUT2D eigenvalue weighted by molar-refractivity contribution is 9.10. The van der Waals surface area contributed by atoms with E-state index in [0.29, 0.717) is 16.5 Å². The van der Waals surface area contributed by atoms with Crippen LogP contribution in [0.1, 0.15) is 18.1 Å². The van der Waals surface area contributed by atoms with Crippen LogP contribution in [0, 0.1) is 0 Å². The standard InChI is InChI=1S/C14H12BrF3O3/c1-2-7-3-8-5-9(13(19)20)12(14(17,18)6-16)21-11(8)10(15)4-7/h3-5,12H,2,6H2,1H3,(H,19,20). The van der Waals surface area contributed by atoms with Crippen molar-refractivity contribution in [2.45, 2.75) is 25.4 Å². The minimum Gasteiger partial charge on any atom is -0.478 e. The summed E-state index contributed by atoms with van der Waals surface area (Å²) < 4.78 is 45.3. The zero-order valence-corrected chi connectivity index (χ0v) is 12.6. The molecule has 7 heteroatoms. The Bertz CT molecular complexity index is 614. The van der Waals surface area contributed by atoms with Gasteiger partial charge in [-0.3, -0.25) is 0 Å². The van der Waals surface area contributed by atoms with Crippen molar-refractivity contribution in [3.63, 3.8) is 0 Å². The van der Waals surface area contributed by atoms with E-state index in [1.165, 1.54) is 0 Å². The summed E-state index contributed by atoms with van der Waals surface area (Å²) in [5, 5.41) is 9.07. The lowest BCUT2D eigenvalue weighted by Gasteiger charge is -2.30. The molecular weight excluding hydrogens is 353 g/mol. The van der Waals surface area contributed by atoms with Gasteiger partial charge in [0.25, 0.3) is 0 Å². The highest BCUT2D eigenvalue weighted by Gasteiger charge is 2.48. The van der Waals surface area contributed by atoms with E-state index in [1.807, 2.05) is 6.92 Å². The number of halogens is 4. The van der Waals surface area contributed by atoms with E-state index in [2.05, 4.69) is 15.9 Å². The number of alkyl halides is 3. The number of hydrogen-bond acceptors (Lipinski definition) is 2. The first kappa shape index (κ1) is 15.9. The smallest absolute Gasteiger partial charge is 0.335 e. The summed E-state index contributed by atoms with van der Waals surface area (Å²) in [6, 6.07) is 3.36. The molecule has 0 amide bonds. The summed E-state index contributed by atoms with van der Waals surface area (Å²) in [4.78, 5) is 11.2. The van der Waals surface area contributed by atoms with Gasteiger partial charge in [-0.25, -0.2) is 9.18 Å². The first-order chi connectivity index (χ1) is 9.80. The third kappa shape index (κ3) is 2.92. The van der Waals surface area contributed by atoms with E-state index in [9.17, 15) is 18.0 Å². The Labute approximate surface area is 127 Å². The van der Waals surface area contributed by atoms with Crippen LogP contribution in [0.2, 0.25) is 0 Å². The Hall–Kier alpha value is -1.50. The molecule has 2 rings (SSSR count). The lowest BCUT2D eigenvalue weighted by Crippen LogP contribution is -2.44. The highest BCUT2D eigenvalue weighted by atomic mass is 79.9. The molecule has 1 atom stereocenters. The third-order valence-electron chi connectivity index (χ3n) is 3.18. The maximum Gasteiger partial charge on any atom is 0.335 e. The number of fused-ring (bicyclic) bond motifs is 1. The molecule has 0 fully saturated rings. The predicted octanol–water partition coefficient (Wildman–Crippen LogP) is 3.85. The first-order valence-corrected chi connectivity index (χ1v) is 6.97. The third-order valence-corrected chi connectivity index (χ3v) is 3.77. The second-order valence-electron chi connectivity index (χ2n) is 4.65. The van der Waals surface area contributed by atoms with Crippen molar-refractivity contribution < 1.29 is 27.8 Å². The van der Waals surface area contributed by atoms with Gasteiger partial charge in [0.2, 0.25) is 0 Å². The number of aliphatic carboxylic acids is 1. The molecule has 0 spiro atoms. The van der Waals surface area contributed by atoms with Crippen LogP contribution in [0.4, 0.5) is 13.2 Å². The number of aryl methyl sites for hydroxylation is 1. The number of carboxylic acids is 1. The Balaban J connectivity index is 2.58. The molecular formula is C14H12BrF3O3. The number of hydrogen-bond donors (Lipinski definition) is 1. The van der Waals surface area contributed by atoms with E-state index in [1.54, 1.807) is 12.1 Å². The molecule has 0 bridgehead atoms.